The van der Waals surface area contributed by atoms with E-state index in [4.69, 9.17) is 4.74 Å². The zero-order chi connectivity index (χ0) is 26.2. The van der Waals surface area contributed by atoms with Crippen LogP contribution in [0.25, 0.3) is 0 Å². The number of carbonyl (C=O) groups excluding carboxylic acids is 2. The van der Waals surface area contributed by atoms with Crippen molar-refractivity contribution in [2.75, 3.05) is 5.32 Å². The minimum atomic E-state index is -4.72. The molecule has 1 aliphatic rings. The van der Waals surface area contributed by atoms with Crippen LogP contribution >= 0.6 is 0 Å². The minimum Gasteiger partial charge on any atom is -0.460 e. The Labute approximate surface area is 200 Å². The molecule has 1 saturated carbocycles. The quantitative estimate of drug-likeness (QED) is 0.349. The van der Waals surface area contributed by atoms with Crippen molar-refractivity contribution in [3.63, 3.8) is 0 Å². The van der Waals surface area contributed by atoms with Gasteiger partial charge < -0.3 is 10.1 Å². The topological polar surface area (TPSA) is 55.4 Å². The van der Waals surface area contributed by atoms with Crippen LogP contribution in [-0.4, -0.2) is 23.7 Å². The van der Waals surface area contributed by atoms with Gasteiger partial charge in [0, 0.05) is 0 Å². The normalized spacial score (nSPS) is 16.8. The van der Waals surface area contributed by atoms with Crippen LogP contribution < -0.4 is 5.32 Å². The summed E-state index contributed by atoms with van der Waals surface area (Å²) in [6.45, 7) is 6.11. The fourth-order valence-electron chi connectivity index (χ4n) is 3.90. The van der Waals surface area contributed by atoms with Crippen molar-refractivity contribution < 1.29 is 36.3 Å². The molecule has 9 heteroatoms. The first kappa shape index (κ1) is 26.6. The number of hydrogen-bond donors (Lipinski definition) is 1. The Balaban J connectivity index is 1.84. The molecular formula is C26H28F5NO3. The lowest BCUT2D eigenvalue weighted by molar-refractivity contribution is -0.178. The van der Waals surface area contributed by atoms with E-state index in [2.05, 4.69) is 5.32 Å². The molecule has 2 aromatic rings. The highest BCUT2D eigenvalue weighted by Gasteiger charge is 2.52. The van der Waals surface area contributed by atoms with E-state index in [0.717, 1.165) is 37.3 Å². The summed E-state index contributed by atoms with van der Waals surface area (Å²) < 4.78 is 73.9. The summed E-state index contributed by atoms with van der Waals surface area (Å²) in [4.78, 5) is 25.6. The molecule has 1 N–H and O–H groups in total. The Morgan fingerprint density at radius 2 is 1.63 bits per heavy atom. The number of ether oxygens (including phenoxy) is 1. The lowest BCUT2D eigenvalue weighted by Gasteiger charge is -2.26. The molecule has 3 rings (SSSR count). The smallest absolute Gasteiger partial charge is 0.392 e. The fourth-order valence-corrected chi connectivity index (χ4v) is 3.90. The van der Waals surface area contributed by atoms with Crippen molar-refractivity contribution in [1.29, 1.82) is 0 Å². The zero-order valence-electron chi connectivity index (χ0n) is 19.9. The molecule has 190 valence electrons. The average Bonchev–Trinajstić information content (AvgIpc) is 3.51. The van der Waals surface area contributed by atoms with Gasteiger partial charge in [0.15, 0.2) is 0 Å². The SMILES string of the molecule is C[C@H](C(C(=O)Nc1cc(CC2(C(=O)OC(C)(C)C)CC2)ccc1F)c1ccc(F)cc1)C(F)(F)F. The van der Waals surface area contributed by atoms with E-state index < -0.39 is 46.6 Å². The number of alkyl halides is 3. The zero-order valence-corrected chi connectivity index (χ0v) is 19.9. The largest absolute Gasteiger partial charge is 0.460 e. The summed E-state index contributed by atoms with van der Waals surface area (Å²) in [5, 5.41) is 2.27. The molecule has 1 aliphatic carbocycles. The van der Waals surface area contributed by atoms with Crippen molar-refractivity contribution in [3.05, 3.63) is 65.2 Å². The maximum atomic E-state index is 14.5. The number of nitrogens with one attached hydrogen (secondary N) is 1. The molecule has 0 saturated heterocycles. The molecule has 1 unspecified atom stereocenters. The van der Waals surface area contributed by atoms with Gasteiger partial charge in [-0.3, -0.25) is 9.59 Å². The lowest BCUT2D eigenvalue weighted by atomic mass is 9.85. The third kappa shape index (κ3) is 6.58. The second kappa shape index (κ2) is 9.59. The monoisotopic (exact) mass is 497 g/mol. The van der Waals surface area contributed by atoms with Gasteiger partial charge in [-0.25, -0.2) is 8.78 Å². The van der Waals surface area contributed by atoms with E-state index in [-0.39, 0.29) is 23.6 Å². The third-order valence-electron chi connectivity index (χ3n) is 6.04. The molecule has 0 bridgehead atoms. The van der Waals surface area contributed by atoms with E-state index in [1.165, 1.54) is 12.1 Å². The van der Waals surface area contributed by atoms with Gasteiger partial charge in [-0.1, -0.05) is 25.1 Å². The number of halogens is 5. The third-order valence-corrected chi connectivity index (χ3v) is 6.04. The van der Waals surface area contributed by atoms with Crippen LogP contribution in [0.4, 0.5) is 27.6 Å². The standard InChI is InChI=1S/C26H28F5NO3/c1-15(26(29,30)31)21(17-6-8-18(27)9-7-17)22(33)32-20-13-16(5-10-19(20)28)14-25(11-12-25)23(34)35-24(2,3)4/h5-10,13,15,21H,11-12,14H2,1-4H3,(H,32,33)/t15-,21?/m1/s1. The van der Waals surface area contributed by atoms with Crippen LogP contribution in [0, 0.1) is 23.0 Å². The Morgan fingerprint density at radius 3 is 2.14 bits per heavy atom. The Kier molecular flexibility index (Phi) is 7.29. The molecule has 1 amide bonds. The maximum absolute atomic E-state index is 14.5. The van der Waals surface area contributed by atoms with Crippen LogP contribution in [0.2, 0.25) is 0 Å². The predicted octanol–water partition coefficient (Wildman–Crippen LogP) is 6.55. The van der Waals surface area contributed by atoms with Gasteiger partial charge in [0.05, 0.1) is 22.9 Å². The van der Waals surface area contributed by atoms with Gasteiger partial charge in [-0.05, 0) is 75.4 Å². The van der Waals surface area contributed by atoms with Crippen molar-refractivity contribution in [1.82, 2.24) is 0 Å². The van der Waals surface area contributed by atoms with Gasteiger partial charge in [0.1, 0.15) is 17.2 Å². The second-order valence-corrected chi connectivity index (χ2v) is 10.1. The van der Waals surface area contributed by atoms with Crippen molar-refractivity contribution in [3.8, 4) is 0 Å². The van der Waals surface area contributed by atoms with Crippen molar-refractivity contribution in [2.24, 2.45) is 11.3 Å². The Hall–Kier alpha value is -2.97. The number of esters is 1. The summed E-state index contributed by atoms with van der Waals surface area (Å²) in [6, 6.07) is 8.01. The first-order valence-electron chi connectivity index (χ1n) is 11.3. The highest BCUT2D eigenvalue weighted by Crippen LogP contribution is 2.50. The molecule has 0 aromatic heterocycles. The summed E-state index contributed by atoms with van der Waals surface area (Å²) in [5.41, 5.74) is -1.22. The van der Waals surface area contributed by atoms with E-state index in [9.17, 15) is 31.5 Å². The molecule has 0 aliphatic heterocycles. The second-order valence-electron chi connectivity index (χ2n) is 10.1. The van der Waals surface area contributed by atoms with Crippen LogP contribution in [0.15, 0.2) is 42.5 Å². The molecule has 4 nitrogen and oxygen atoms in total. The van der Waals surface area contributed by atoms with Crippen LogP contribution in [0.1, 0.15) is 57.6 Å². The van der Waals surface area contributed by atoms with Gasteiger partial charge in [-0.15, -0.1) is 0 Å². The highest BCUT2D eigenvalue weighted by molar-refractivity contribution is 5.96. The van der Waals surface area contributed by atoms with Crippen LogP contribution in [0.5, 0.6) is 0 Å². The molecule has 0 radical (unpaired) electrons. The first-order valence-corrected chi connectivity index (χ1v) is 11.3. The lowest BCUT2D eigenvalue weighted by Crippen LogP contribution is -2.34. The fraction of sp³-hybridized carbons (Fsp3) is 0.462. The summed E-state index contributed by atoms with van der Waals surface area (Å²) in [5.74, 6) is -6.77. The molecule has 0 heterocycles. The number of amides is 1. The van der Waals surface area contributed by atoms with Crippen molar-refractivity contribution >= 4 is 17.6 Å². The molecular weight excluding hydrogens is 469 g/mol. The van der Waals surface area contributed by atoms with Gasteiger partial charge in [0.2, 0.25) is 5.91 Å². The molecule has 2 atom stereocenters. The number of carbonyl (C=O) groups is 2. The summed E-state index contributed by atoms with van der Waals surface area (Å²) in [6.07, 6.45) is -3.29. The van der Waals surface area contributed by atoms with Crippen LogP contribution in [-0.2, 0) is 20.7 Å². The average molecular weight is 498 g/mol. The minimum absolute atomic E-state index is 0.0489. The first-order chi connectivity index (χ1) is 16.1. The summed E-state index contributed by atoms with van der Waals surface area (Å²) >= 11 is 0. The van der Waals surface area contributed by atoms with E-state index in [1.807, 2.05) is 0 Å². The molecule has 35 heavy (non-hydrogen) atoms. The number of hydrogen-bond acceptors (Lipinski definition) is 3. The number of rotatable bonds is 7. The molecule has 1 fully saturated rings. The molecule has 2 aromatic carbocycles. The van der Waals surface area contributed by atoms with Crippen molar-refractivity contribution in [2.45, 2.75) is 64.7 Å². The molecule has 0 spiro atoms. The van der Waals surface area contributed by atoms with E-state index in [0.29, 0.717) is 18.4 Å². The van der Waals surface area contributed by atoms with Crippen LogP contribution in [0.3, 0.4) is 0 Å². The Bertz CT molecular complexity index is 1090. The number of anilines is 1. The number of benzene rings is 2. The Morgan fingerprint density at radius 1 is 1.03 bits per heavy atom. The van der Waals surface area contributed by atoms with Gasteiger partial charge in [0.25, 0.3) is 0 Å². The van der Waals surface area contributed by atoms with E-state index in [1.54, 1.807) is 20.8 Å². The van der Waals surface area contributed by atoms with Gasteiger partial charge in [-0.2, -0.15) is 13.2 Å². The summed E-state index contributed by atoms with van der Waals surface area (Å²) in [7, 11) is 0. The van der Waals surface area contributed by atoms with Gasteiger partial charge >= 0.3 is 12.1 Å². The highest BCUT2D eigenvalue weighted by atomic mass is 19.4. The van der Waals surface area contributed by atoms with E-state index >= 15 is 0 Å². The maximum Gasteiger partial charge on any atom is 0.392 e. The predicted molar refractivity (Wildman–Crippen MR) is 121 cm³/mol.